The Morgan fingerprint density at radius 3 is 2.50 bits per heavy atom. The molecule has 1 aromatic carbocycles. The highest BCUT2D eigenvalue weighted by Crippen LogP contribution is 2.31. The molecule has 7 heteroatoms. The van der Waals surface area contributed by atoms with E-state index in [9.17, 15) is 4.79 Å². The fraction of sp³-hybridized carbons (Fsp3) is 0.474. The molecule has 26 heavy (non-hydrogen) atoms. The number of carbonyl (C=O) groups excluding carboxylic acids is 1. The van der Waals surface area contributed by atoms with Crippen molar-refractivity contribution in [3.05, 3.63) is 35.2 Å². The summed E-state index contributed by atoms with van der Waals surface area (Å²) >= 11 is 1.46. The molecule has 142 valence electrons. The molecule has 0 saturated carbocycles. The van der Waals surface area contributed by atoms with E-state index in [1.807, 2.05) is 20.8 Å². The van der Waals surface area contributed by atoms with Gasteiger partial charge in [-0.15, -0.1) is 0 Å². The number of thioether (sulfide) groups is 1. The Bertz CT molecular complexity index is 773. The lowest BCUT2D eigenvalue weighted by Gasteiger charge is -2.14. The average molecular weight is 378 g/mol. The van der Waals surface area contributed by atoms with Gasteiger partial charge in [0.05, 0.1) is 31.8 Å². The van der Waals surface area contributed by atoms with E-state index in [2.05, 4.69) is 9.55 Å². The van der Waals surface area contributed by atoms with Crippen LogP contribution < -0.4 is 9.47 Å². The maximum atomic E-state index is 12.9. The molecule has 0 unspecified atom stereocenters. The Labute approximate surface area is 158 Å². The molecule has 0 aliphatic heterocycles. The molecule has 2 aromatic rings. The third kappa shape index (κ3) is 4.40. The van der Waals surface area contributed by atoms with Gasteiger partial charge in [-0.05, 0) is 39.0 Å². The standard InChI is InChI=1S/C19H26N2O4S/c1-12-13(2)21(9-10-23-4)19(20-12)26-14(3)18(22)15-7-8-16(24-5)17(11-15)25-6/h7-8,11,14H,9-10H2,1-6H3/t14-/m0/s1. The van der Waals surface area contributed by atoms with Gasteiger partial charge in [0.15, 0.2) is 22.4 Å². The summed E-state index contributed by atoms with van der Waals surface area (Å²) in [5.74, 6) is 1.17. The number of hydrogen-bond acceptors (Lipinski definition) is 6. The summed E-state index contributed by atoms with van der Waals surface area (Å²) in [5.41, 5.74) is 2.65. The maximum absolute atomic E-state index is 12.9. The van der Waals surface area contributed by atoms with Gasteiger partial charge in [0, 0.05) is 24.9 Å². The molecule has 0 aliphatic rings. The van der Waals surface area contributed by atoms with Gasteiger partial charge in [0.2, 0.25) is 0 Å². The molecular weight excluding hydrogens is 352 g/mol. The van der Waals surface area contributed by atoms with Crippen LogP contribution in [0.1, 0.15) is 28.7 Å². The quantitative estimate of drug-likeness (QED) is 0.491. The highest BCUT2D eigenvalue weighted by molar-refractivity contribution is 8.00. The van der Waals surface area contributed by atoms with E-state index in [0.29, 0.717) is 30.2 Å². The first kappa shape index (κ1) is 20.3. The number of hydrogen-bond donors (Lipinski definition) is 0. The number of aromatic nitrogens is 2. The minimum Gasteiger partial charge on any atom is -0.493 e. The third-order valence-corrected chi connectivity index (χ3v) is 5.35. The van der Waals surface area contributed by atoms with Crippen molar-refractivity contribution in [2.75, 3.05) is 27.9 Å². The van der Waals surface area contributed by atoms with E-state index in [4.69, 9.17) is 14.2 Å². The number of aryl methyl sites for hydroxylation is 1. The molecule has 0 amide bonds. The van der Waals surface area contributed by atoms with Crippen LogP contribution in [0.25, 0.3) is 0 Å². The molecule has 2 rings (SSSR count). The van der Waals surface area contributed by atoms with Crippen LogP contribution in [0, 0.1) is 13.8 Å². The molecule has 0 aliphatic carbocycles. The number of ether oxygens (including phenoxy) is 3. The first-order chi connectivity index (χ1) is 12.4. The predicted octanol–water partition coefficient (Wildman–Crippen LogP) is 3.53. The molecule has 0 fully saturated rings. The normalized spacial score (nSPS) is 12.1. The van der Waals surface area contributed by atoms with Gasteiger partial charge in [0.1, 0.15) is 0 Å². The predicted molar refractivity (Wildman–Crippen MR) is 103 cm³/mol. The van der Waals surface area contributed by atoms with E-state index in [1.54, 1.807) is 39.5 Å². The Hall–Kier alpha value is -1.99. The Balaban J connectivity index is 2.21. The zero-order valence-electron chi connectivity index (χ0n) is 16.2. The summed E-state index contributed by atoms with van der Waals surface area (Å²) in [7, 11) is 4.81. The summed E-state index contributed by atoms with van der Waals surface area (Å²) in [6, 6.07) is 5.22. The molecular formula is C19H26N2O4S. The molecule has 0 saturated heterocycles. The van der Waals surface area contributed by atoms with Crippen molar-refractivity contribution in [3.63, 3.8) is 0 Å². The highest BCUT2D eigenvalue weighted by atomic mass is 32.2. The number of carbonyl (C=O) groups is 1. The first-order valence-electron chi connectivity index (χ1n) is 8.38. The van der Waals surface area contributed by atoms with Gasteiger partial charge in [-0.25, -0.2) is 4.98 Å². The number of ketones is 1. The zero-order chi connectivity index (χ0) is 19.3. The molecule has 0 radical (unpaired) electrons. The number of nitrogens with zero attached hydrogens (tertiary/aromatic N) is 2. The minimum atomic E-state index is -0.282. The molecule has 1 aromatic heterocycles. The Morgan fingerprint density at radius 2 is 1.88 bits per heavy atom. The van der Waals surface area contributed by atoms with Gasteiger partial charge >= 0.3 is 0 Å². The number of Topliss-reactive ketones (excluding diaryl/α,β-unsaturated/α-hetero) is 1. The largest absolute Gasteiger partial charge is 0.493 e. The van der Waals surface area contributed by atoms with Gasteiger partial charge in [0.25, 0.3) is 0 Å². The Morgan fingerprint density at radius 1 is 1.19 bits per heavy atom. The SMILES string of the molecule is COCCn1c(S[C@@H](C)C(=O)c2ccc(OC)c(OC)c2)nc(C)c1C. The fourth-order valence-electron chi connectivity index (χ4n) is 2.60. The van der Waals surface area contributed by atoms with E-state index in [-0.39, 0.29) is 11.0 Å². The topological polar surface area (TPSA) is 62.6 Å². The van der Waals surface area contributed by atoms with E-state index in [1.165, 1.54) is 11.8 Å². The average Bonchev–Trinajstić information content (AvgIpc) is 2.91. The van der Waals surface area contributed by atoms with Crippen LogP contribution in [-0.4, -0.2) is 48.5 Å². The van der Waals surface area contributed by atoms with Gasteiger partial charge in [-0.3, -0.25) is 4.79 Å². The lowest BCUT2D eigenvalue weighted by atomic mass is 10.1. The van der Waals surface area contributed by atoms with Crippen LogP contribution in [0.5, 0.6) is 11.5 Å². The van der Waals surface area contributed by atoms with Crippen molar-refractivity contribution in [1.29, 1.82) is 0 Å². The Kier molecular flexibility index (Phi) is 7.11. The summed E-state index contributed by atoms with van der Waals surface area (Å²) in [5, 5.41) is 0.550. The van der Waals surface area contributed by atoms with Crippen LogP contribution in [-0.2, 0) is 11.3 Å². The van der Waals surface area contributed by atoms with E-state index >= 15 is 0 Å². The first-order valence-corrected chi connectivity index (χ1v) is 9.26. The van der Waals surface area contributed by atoms with Crippen LogP contribution in [0.2, 0.25) is 0 Å². The molecule has 0 spiro atoms. The summed E-state index contributed by atoms with van der Waals surface area (Å²) in [4.78, 5) is 17.5. The number of rotatable bonds is 9. The second kappa shape index (κ2) is 9.09. The van der Waals surface area contributed by atoms with E-state index in [0.717, 1.165) is 16.5 Å². The van der Waals surface area contributed by atoms with Crippen molar-refractivity contribution in [2.24, 2.45) is 0 Å². The van der Waals surface area contributed by atoms with Crippen LogP contribution in [0.15, 0.2) is 23.4 Å². The molecule has 1 heterocycles. The van der Waals surface area contributed by atoms with E-state index < -0.39 is 0 Å². The molecule has 1 atom stereocenters. The smallest absolute Gasteiger partial charge is 0.176 e. The monoisotopic (exact) mass is 378 g/mol. The summed E-state index contributed by atoms with van der Waals surface area (Å²) in [6.07, 6.45) is 0. The molecule has 0 N–H and O–H groups in total. The zero-order valence-corrected chi connectivity index (χ0v) is 17.0. The molecule has 0 bridgehead atoms. The lowest BCUT2D eigenvalue weighted by molar-refractivity contribution is 0.0993. The number of imidazole rings is 1. The highest BCUT2D eigenvalue weighted by Gasteiger charge is 2.22. The van der Waals surface area contributed by atoms with Crippen molar-refractivity contribution >= 4 is 17.5 Å². The van der Waals surface area contributed by atoms with Gasteiger partial charge in [-0.2, -0.15) is 0 Å². The second-order valence-electron chi connectivity index (χ2n) is 5.90. The third-order valence-electron chi connectivity index (χ3n) is 4.26. The van der Waals surface area contributed by atoms with Crippen molar-refractivity contribution in [1.82, 2.24) is 9.55 Å². The maximum Gasteiger partial charge on any atom is 0.176 e. The summed E-state index contributed by atoms with van der Waals surface area (Å²) < 4.78 is 17.8. The van der Waals surface area contributed by atoms with Crippen molar-refractivity contribution < 1.29 is 19.0 Å². The van der Waals surface area contributed by atoms with Crippen molar-refractivity contribution in [2.45, 2.75) is 37.7 Å². The molecule has 6 nitrogen and oxygen atoms in total. The van der Waals surface area contributed by atoms with Crippen LogP contribution >= 0.6 is 11.8 Å². The lowest BCUT2D eigenvalue weighted by Crippen LogP contribution is -2.16. The number of benzene rings is 1. The van der Waals surface area contributed by atoms with Gasteiger partial charge in [-0.1, -0.05) is 11.8 Å². The minimum absolute atomic E-state index is 0.0209. The van der Waals surface area contributed by atoms with Gasteiger partial charge < -0.3 is 18.8 Å². The number of methoxy groups -OCH3 is 3. The van der Waals surface area contributed by atoms with Crippen molar-refractivity contribution in [3.8, 4) is 11.5 Å². The second-order valence-corrected chi connectivity index (χ2v) is 7.21. The fourth-order valence-corrected chi connectivity index (χ4v) is 3.70. The van der Waals surface area contributed by atoms with Crippen LogP contribution in [0.4, 0.5) is 0 Å². The summed E-state index contributed by atoms with van der Waals surface area (Å²) in [6.45, 7) is 7.21. The van der Waals surface area contributed by atoms with Crippen LogP contribution in [0.3, 0.4) is 0 Å².